The van der Waals surface area contributed by atoms with Gasteiger partial charge in [0.1, 0.15) is 11.5 Å². The summed E-state index contributed by atoms with van der Waals surface area (Å²) in [5.74, 6) is 0.578. The molecule has 0 saturated heterocycles. The third-order valence-electron chi connectivity index (χ3n) is 3.43. The van der Waals surface area contributed by atoms with Crippen LogP contribution in [0.4, 0.5) is 0 Å². The molecule has 0 fully saturated rings. The number of hydrogen-bond donors (Lipinski definition) is 0. The smallest absolute Gasteiger partial charge is 0.344 e. The van der Waals surface area contributed by atoms with Crippen LogP contribution in [0.25, 0.3) is 10.8 Å². The minimum absolute atomic E-state index is 0.392. The Kier molecular flexibility index (Phi) is 4.55. The van der Waals surface area contributed by atoms with Crippen LogP contribution in [0.1, 0.15) is 10.4 Å². The maximum Gasteiger partial charge on any atom is 0.344 e. The lowest BCUT2D eigenvalue weighted by Gasteiger charge is -2.10. The van der Waals surface area contributed by atoms with Crippen molar-refractivity contribution in [2.24, 2.45) is 0 Å². The van der Waals surface area contributed by atoms with Gasteiger partial charge in [-0.15, -0.1) is 0 Å². The number of methoxy groups -OCH3 is 1. The van der Waals surface area contributed by atoms with Gasteiger partial charge >= 0.3 is 5.97 Å². The van der Waals surface area contributed by atoms with E-state index in [-0.39, 0.29) is 0 Å². The van der Waals surface area contributed by atoms with Crippen molar-refractivity contribution in [3.8, 4) is 11.5 Å². The van der Waals surface area contributed by atoms with E-state index in [2.05, 4.69) is 15.9 Å². The van der Waals surface area contributed by atoms with Crippen molar-refractivity contribution in [3.05, 3.63) is 69.7 Å². The second-order valence-electron chi connectivity index (χ2n) is 4.83. The third kappa shape index (κ3) is 3.19. The lowest BCUT2D eigenvalue weighted by atomic mass is 10.1. The second kappa shape index (κ2) is 6.60. The van der Waals surface area contributed by atoms with Crippen LogP contribution < -0.4 is 9.47 Å². The molecule has 0 N–H and O–H groups in total. The van der Waals surface area contributed by atoms with E-state index in [9.17, 15) is 4.79 Å². The van der Waals surface area contributed by atoms with Crippen LogP contribution in [0.2, 0.25) is 5.02 Å². The van der Waals surface area contributed by atoms with Gasteiger partial charge in [0.25, 0.3) is 0 Å². The SMILES string of the molecule is COc1ccc(Br)c(C(=O)Oc2ccc(Cl)c3ccccc23)c1. The largest absolute Gasteiger partial charge is 0.497 e. The molecular weight excluding hydrogens is 380 g/mol. The molecule has 0 unspecified atom stereocenters. The highest BCUT2D eigenvalue weighted by Gasteiger charge is 2.16. The van der Waals surface area contributed by atoms with Gasteiger partial charge < -0.3 is 9.47 Å². The van der Waals surface area contributed by atoms with E-state index in [1.54, 1.807) is 37.4 Å². The number of carbonyl (C=O) groups is 1. The number of ether oxygens (including phenoxy) is 2. The molecule has 3 aromatic rings. The first kappa shape index (κ1) is 15.8. The summed E-state index contributed by atoms with van der Waals surface area (Å²) in [6.07, 6.45) is 0. The molecule has 23 heavy (non-hydrogen) atoms. The summed E-state index contributed by atoms with van der Waals surface area (Å²) in [5.41, 5.74) is 0.392. The van der Waals surface area contributed by atoms with Gasteiger partial charge in [-0.25, -0.2) is 4.79 Å². The van der Waals surface area contributed by atoms with E-state index in [4.69, 9.17) is 21.1 Å². The molecule has 0 bridgehead atoms. The molecule has 3 aromatic carbocycles. The maximum atomic E-state index is 12.5. The molecule has 0 saturated carbocycles. The summed E-state index contributed by atoms with van der Waals surface area (Å²) in [4.78, 5) is 12.5. The fourth-order valence-electron chi connectivity index (χ4n) is 2.27. The van der Waals surface area contributed by atoms with Crippen molar-refractivity contribution >= 4 is 44.3 Å². The van der Waals surface area contributed by atoms with Crippen molar-refractivity contribution < 1.29 is 14.3 Å². The molecule has 0 aromatic heterocycles. The fourth-order valence-corrected chi connectivity index (χ4v) is 2.90. The summed E-state index contributed by atoms with van der Waals surface area (Å²) >= 11 is 9.54. The highest BCUT2D eigenvalue weighted by atomic mass is 79.9. The highest BCUT2D eigenvalue weighted by Crippen LogP contribution is 2.32. The average molecular weight is 392 g/mol. The zero-order valence-electron chi connectivity index (χ0n) is 12.2. The van der Waals surface area contributed by atoms with Gasteiger partial charge in [-0.3, -0.25) is 0 Å². The Labute approximate surface area is 146 Å². The van der Waals surface area contributed by atoms with Gasteiger partial charge in [-0.1, -0.05) is 35.9 Å². The molecule has 0 amide bonds. The van der Waals surface area contributed by atoms with E-state index in [0.29, 0.717) is 26.6 Å². The topological polar surface area (TPSA) is 35.5 Å². The molecule has 0 aliphatic heterocycles. The molecule has 116 valence electrons. The molecule has 0 atom stereocenters. The number of esters is 1. The Morgan fingerprint density at radius 2 is 1.78 bits per heavy atom. The summed E-state index contributed by atoms with van der Waals surface area (Å²) < 4.78 is 11.4. The predicted molar refractivity (Wildman–Crippen MR) is 94.6 cm³/mol. The Bertz CT molecular complexity index is 893. The number of hydrogen-bond acceptors (Lipinski definition) is 3. The van der Waals surface area contributed by atoms with Crippen molar-refractivity contribution in [2.75, 3.05) is 7.11 Å². The van der Waals surface area contributed by atoms with Gasteiger partial charge in [0.2, 0.25) is 0 Å². The monoisotopic (exact) mass is 390 g/mol. The average Bonchev–Trinajstić information content (AvgIpc) is 2.58. The van der Waals surface area contributed by atoms with Crippen LogP contribution in [0.5, 0.6) is 11.5 Å². The summed E-state index contributed by atoms with van der Waals surface area (Å²) in [7, 11) is 1.55. The van der Waals surface area contributed by atoms with Gasteiger partial charge in [0, 0.05) is 20.3 Å². The van der Waals surface area contributed by atoms with Gasteiger partial charge in [0.15, 0.2) is 0 Å². The van der Waals surface area contributed by atoms with E-state index >= 15 is 0 Å². The zero-order chi connectivity index (χ0) is 16.4. The van der Waals surface area contributed by atoms with Crippen LogP contribution in [0.3, 0.4) is 0 Å². The molecule has 3 rings (SSSR count). The minimum atomic E-state index is -0.469. The van der Waals surface area contributed by atoms with Crippen molar-refractivity contribution in [3.63, 3.8) is 0 Å². The summed E-state index contributed by atoms with van der Waals surface area (Å²) in [5, 5.41) is 2.24. The molecule has 0 heterocycles. The number of halogens is 2. The summed E-state index contributed by atoms with van der Waals surface area (Å²) in [6, 6.07) is 16.1. The van der Waals surface area contributed by atoms with Gasteiger partial charge in [-0.05, 0) is 46.3 Å². The first-order chi connectivity index (χ1) is 11.1. The molecule has 5 heteroatoms. The number of rotatable bonds is 3. The Morgan fingerprint density at radius 1 is 1.04 bits per heavy atom. The van der Waals surface area contributed by atoms with E-state index in [0.717, 1.165) is 10.8 Å². The number of benzene rings is 3. The lowest BCUT2D eigenvalue weighted by molar-refractivity contribution is 0.0736. The fraction of sp³-hybridized carbons (Fsp3) is 0.0556. The number of carbonyl (C=O) groups excluding carboxylic acids is 1. The standard InChI is InChI=1S/C18H12BrClO3/c1-22-11-6-7-15(19)14(10-11)18(21)23-17-9-8-16(20)12-4-2-3-5-13(12)17/h2-10H,1H3. The van der Waals surface area contributed by atoms with Gasteiger partial charge in [0.05, 0.1) is 12.7 Å². The van der Waals surface area contributed by atoms with E-state index in [1.807, 2.05) is 24.3 Å². The Hall–Kier alpha value is -2.04. The van der Waals surface area contributed by atoms with Gasteiger partial charge in [-0.2, -0.15) is 0 Å². The van der Waals surface area contributed by atoms with Crippen LogP contribution in [-0.2, 0) is 0 Å². The van der Waals surface area contributed by atoms with Crippen LogP contribution >= 0.6 is 27.5 Å². The molecular formula is C18H12BrClO3. The van der Waals surface area contributed by atoms with Crippen LogP contribution in [0, 0.1) is 0 Å². The molecule has 0 radical (unpaired) electrons. The van der Waals surface area contributed by atoms with Crippen molar-refractivity contribution in [1.29, 1.82) is 0 Å². The van der Waals surface area contributed by atoms with E-state index in [1.165, 1.54) is 0 Å². The maximum absolute atomic E-state index is 12.5. The molecule has 0 spiro atoms. The third-order valence-corrected chi connectivity index (χ3v) is 4.45. The first-order valence-electron chi connectivity index (χ1n) is 6.83. The molecule has 3 nitrogen and oxygen atoms in total. The highest BCUT2D eigenvalue weighted by molar-refractivity contribution is 9.10. The van der Waals surface area contributed by atoms with Crippen molar-refractivity contribution in [2.45, 2.75) is 0 Å². The minimum Gasteiger partial charge on any atom is -0.497 e. The second-order valence-corrected chi connectivity index (χ2v) is 6.09. The van der Waals surface area contributed by atoms with Crippen molar-refractivity contribution in [1.82, 2.24) is 0 Å². The summed E-state index contributed by atoms with van der Waals surface area (Å²) in [6.45, 7) is 0. The normalized spacial score (nSPS) is 10.6. The quantitative estimate of drug-likeness (QED) is 0.438. The van der Waals surface area contributed by atoms with E-state index < -0.39 is 5.97 Å². The Balaban J connectivity index is 2.00. The van der Waals surface area contributed by atoms with Crippen LogP contribution in [-0.4, -0.2) is 13.1 Å². The van der Waals surface area contributed by atoms with Crippen LogP contribution in [0.15, 0.2) is 59.1 Å². The molecule has 0 aliphatic carbocycles. The Morgan fingerprint density at radius 3 is 2.52 bits per heavy atom. The number of fused-ring (bicyclic) bond motifs is 1. The predicted octanol–water partition coefficient (Wildman–Crippen LogP) is 5.48. The molecule has 0 aliphatic rings. The first-order valence-corrected chi connectivity index (χ1v) is 8.00. The zero-order valence-corrected chi connectivity index (χ0v) is 14.5. The lowest BCUT2D eigenvalue weighted by Crippen LogP contribution is -2.10.